The van der Waals surface area contributed by atoms with Gasteiger partial charge >= 0.3 is 0 Å². The van der Waals surface area contributed by atoms with E-state index >= 15 is 0 Å². The summed E-state index contributed by atoms with van der Waals surface area (Å²) < 4.78 is 11.4. The van der Waals surface area contributed by atoms with Gasteiger partial charge < -0.3 is 20.1 Å². The van der Waals surface area contributed by atoms with Gasteiger partial charge in [0.15, 0.2) is 5.96 Å². The van der Waals surface area contributed by atoms with Gasteiger partial charge in [0.1, 0.15) is 0 Å². The summed E-state index contributed by atoms with van der Waals surface area (Å²) in [4.78, 5) is 8.27. The Morgan fingerprint density at radius 3 is 2.85 bits per heavy atom. The van der Waals surface area contributed by atoms with E-state index in [-0.39, 0.29) is 0 Å². The lowest BCUT2D eigenvalue weighted by molar-refractivity contribution is 0.0177. The van der Waals surface area contributed by atoms with Gasteiger partial charge in [-0.3, -0.25) is 9.89 Å². The molecule has 6 nitrogen and oxygen atoms in total. The monoisotopic (exact) mass is 394 g/mol. The van der Waals surface area contributed by atoms with E-state index < -0.39 is 0 Å². The van der Waals surface area contributed by atoms with Gasteiger partial charge in [-0.05, 0) is 30.7 Å². The van der Waals surface area contributed by atoms with Crippen LogP contribution in [0, 0.1) is 0 Å². The molecule has 1 aromatic rings. The zero-order valence-corrected chi connectivity index (χ0v) is 17.3. The maximum Gasteiger partial charge on any atom is 0.191 e. The summed E-state index contributed by atoms with van der Waals surface area (Å²) in [5.41, 5.74) is 0. The fourth-order valence-electron chi connectivity index (χ4n) is 3.78. The number of morpholine rings is 1. The normalized spacial score (nSPS) is 20.7. The standard InChI is InChI=1S/C20H34N4O2S/c1-21-20(22-9-5-12-26-17-6-2-3-7-17)23-16-18(19-8-4-15-27-19)24-10-13-25-14-11-24/h4,8,15,17-18H,2-3,5-7,9-14,16H2,1H3,(H2,21,22,23). The summed E-state index contributed by atoms with van der Waals surface area (Å²) in [5.74, 6) is 0.866. The second kappa shape index (κ2) is 11.6. The third-order valence-electron chi connectivity index (χ3n) is 5.31. The van der Waals surface area contributed by atoms with Gasteiger partial charge in [0.2, 0.25) is 0 Å². The summed E-state index contributed by atoms with van der Waals surface area (Å²) >= 11 is 1.82. The summed E-state index contributed by atoms with van der Waals surface area (Å²) in [6, 6.07) is 4.71. The molecular formula is C20H34N4O2S. The number of nitrogens with one attached hydrogen (secondary N) is 2. The minimum atomic E-state index is 0.359. The van der Waals surface area contributed by atoms with Gasteiger partial charge in [0, 0.05) is 44.7 Å². The zero-order valence-electron chi connectivity index (χ0n) is 16.5. The van der Waals surface area contributed by atoms with Crippen molar-refractivity contribution >= 4 is 17.3 Å². The lowest BCUT2D eigenvalue weighted by Gasteiger charge is -2.34. The summed E-state index contributed by atoms with van der Waals surface area (Å²) in [5, 5.41) is 9.08. The van der Waals surface area contributed by atoms with Crippen LogP contribution in [0.5, 0.6) is 0 Å². The fraction of sp³-hybridized carbons (Fsp3) is 0.750. The molecule has 2 heterocycles. The quantitative estimate of drug-likeness (QED) is 0.383. The van der Waals surface area contributed by atoms with Crippen molar-refractivity contribution in [3.63, 3.8) is 0 Å². The Labute approximate surface area is 167 Å². The van der Waals surface area contributed by atoms with Gasteiger partial charge in [-0.1, -0.05) is 18.9 Å². The first-order valence-electron chi connectivity index (χ1n) is 10.3. The lowest BCUT2D eigenvalue weighted by Crippen LogP contribution is -2.46. The maximum atomic E-state index is 5.93. The highest BCUT2D eigenvalue weighted by Crippen LogP contribution is 2.25. The minimum absolute atomic E-state index is 0.359. The Kier molecular flexibility index (Phi) is 8.87. The van der Waals surface area contributed by atoms with E-state index in [1.807, 2.05) is 18.4 Å². The number of hydrogen-bond donors (Lipinski definition) is 2. The number of rotatable bonds is 9. The van der Waals surface area contributed by atoms with E-state index in [1.165, 1.54) is 30.6 Å². The Balaban J connectivity index is 1.39. The van der Waals surface area contributed by atoms with E-state index in [0.717, 1.165) is 58.4 Å². The molecule has 0 aromatic carbocycles. The molecule has 1 atom stereocenters. The van der Waals surface area contributed by atoms with Crippen molar-refractivity contribution in [3.05, 3.63) is 22.4 Å². The average molecular weight is 395 g/mol. The molecule has 1 unspecified atom stereocenters. The van der Waals surface area contributed by atoms with Crippen molar-refractivity contribution in [1.29, 1.82) is 0 Å². The zero-order chi connectivity index (χ0) is 18.7. The Bertz CT molecular complexity index is 540. The SMILES string of the molecule is CN=C(NCCCOC1CCCC1)NCC(c1cccs1)N1CCOCC1. The molecule has 1 saturated carbocycles. The summed E-state index contributed by atoms with van der Waals surface area (Å²) in [6.45, 7) is 6.15. The molecule has 27 heavy (non-hydrogen) atoms. The Morgan fingerprint density at radius 2 is 2.15 bits per heavy atom. The molecule has 2 N–H and O–H groups in total. The van der Waals surface area contributed by atoms with Crippen LogP contribution in [0.4, 0.5) is 0 Å². The van der Waals surface area contributed by atoms with Gasteiger partial charge in [0.05, 0.1) is 25.4 Å². The van der Waals surface area contributed by atoms with Gasteiger partial charge in [-0.25, -0.2) is 0 Å². The van der Waals surface area contributed by atoms with E-state index in [2.05, 4.69) is 38.0 Å². The predicted molar refractivity (Wildman–Crippen MR) is 112 cm³/mol. The van der Waals surface area contributed by atoms with E-state index in [4.69, 9.17) is 9.47 Å². The third kappa shape index (κ3) is 6.75. The molecule has 3 rings (SSSR count). The van der Waals surface area contributed by atoms with Crippen molar-refractivity contribution in [1.82, 2.24) is 15.5 Å². The van der Waals surface area contributed by atoms with Crippen LogP contribution in [0.3, 0.4) is 0 Å². The summed E-state index contributed by atoms with van der Waals surface area (Å²) in [7, 11) is 1.83. The maximum absolute atomic E-state index is 5.93. The first-order valence-corrected chi connectivity index (χ1v) is 11.2. The average Bonchev–Trinajstić information content (AvgIpc) is 3.41. The molecule has 0 spiro atoms. The first kappa shape index (κ1) is 20.6. The second-order valence-corrected chi connectivity index (χ2v) is 8.17. The van der Waals surface area contributed by atoms with E-state index in [1.54, 1.807) is 0 Å². The van der Waals surface area contributed by atoms with Crippen molar-refractivity contribution in [2.24, 2.45) is 4.99 Å². The van der Waals surface area contributed by atoms with Crippen LogP contribution in [0.2, 0.25) is 0 Å². The van der Waals surface area contributed by atoms with E-state index in [9.17, 15) is 0 Å². The van der Waals surface area contributed by atoms with Crippen LogP contribution < -0.4 is 10.6 Å². The Morgan fingerprint density at radius 1 is 1.33 bits per heavy atom. The third-order valence-corrected chi connectivity index (χ3v) is 6.29. The smallest absolute Gasteiger partial charge is 0.191 e. The van der Waals surface area contributed by atoms with Crippen LogP contribution in [0.15, 0.2) is 22.5 Å². The molecule has 7 heteroatoms. The molecule has 0 bridgehead atoms. The van der Waals surface area contributed by atoms with E-state index in [0.29, 0.717) is 12.1 Å². The first-order chi connectivity index (χ1) is 13.4. The molecule has 1 aliphatic carbocycles. The van der Waals surface area contributed by atoms with Crippen molar-refractivity contribution in [2.75, 3.05) is 53.0 Å². The number of hydrogen-bond acceptors (Lipinski definition) is 5. The lowest BCUT2D eigenvalue weighted by atomic mass is 10.2. The highest BCUT2D eigenvalue weighted by molar-refractivity contribution is 7.10. The number of nitrogens with zero attached hydrogens (tertiary/aromatic N) is 2. The Hall–Kier alpha value is -1.15. The topological polar surface area (TPSA) is 58.1 Å². The second-order valence-electron chi connectivity index (χ2n) is 7.19. The molecular weight excluding hydrogens is 360 g/mol. The largest absolute Gasteiger partial charge is 0.379 e. The molecule has 0 radical (unpaired) electrons. The minimum Gasteiger partial charge on any atom is -0.379 e. The van der Waals surface area contributed by atoms with Gasteiger partial charge in [0.25, 0.3) is 0 Å². The van der Waals surface area contributed by atoms with Gasteiger partial charge in [-0.2, -0.15) is 0 Å². The summed E-state index contributed by atoms with van der Waals surface area (Å²) in [6.07, 6.45) is 6.64. The highest BCUT2D eigenvalue weighted by atomic mass is 32.1. The van der Waals surface area contributed by atoms with Crippen LogP contribution in [0.25, 0.3) is 0 Å². The molecule has 2 fully saturated rings. The van der Waals surface area contributed by atoms with Crippen molar-refractivity contribution in [2.45, 2.75) is 44.2 Å². The van der Waals surface area contributed by atoms with Crippen LogP contribution in [0.1, 0.15) is 43.0 Å². The molecule has 1 aromatic heterocycles. The van der Waals surface area contributed by atoms with Crippen molar-refractivity contribution < 1.29 is 9.47 Å². The molecule has 1 aliphatic heterocycles. The van der Waals surface area contributed by atoms with Crippen molar-refractivity contribution in [3.8, 4) is 0 Å². The van der Waals surface area contributed by atoms with Crippen LogP contribution >= 0.6 is 11.3 Å². The highest BCUT2D eigenvalue weighted by Gasteiger charge is 2.23. The molecule has 152 valence electrons. The number of ether oxygens (including phenoxy) is 2. The molecule has 2 aliphatic rings. The van der Waals surface area contributed by atoms with Crippen LogP contribution in [-0.2, 0) is 9.47 Å². The molecule has 0 amide bonds. The molecule has 1 saturated heterocycles. The fourth-order valence-corrected chi connectivity index (χ4v) is 4.64. The van der Waals surface area contributed by atoms with Gasteiger partial charge in [-0.15, -0.1) is 11.3 Å². The number of thiophene rings is 1. The van der Waals surface area contributed by atoms with Crippen LogP contribution in [-0.4, -0.2) is 70.0 Å². The number of aliphatic imine (C=N–C) groups is 1. The predicted octanol–water partition coefficient (Wildman–Crippen LogP) is 2.64. The number of guanidine groups is 1.